The summed E-state index contributed by atoms with van der Waals surface area (Å²) in [6.45, 7) is 0. The van der Waals surface area contributed by atoms with Gasteiger partial charge in [0.1, 0.15) is 5.94 Å². The van der Waals surface area contributed by atoms with Crippen LogP contribution in [0.2, 0.25) is 0 Å². The maximum absolute atomic E-state index is 10.3. The van der Waals surface area contributed by atoms with Gasteiger partial charge in [-0.05, 0) is 5.56 Å². The normalized spacial score (nSPS) is 8.67. The fraction of sp³-hybridized carbons (Fsp3) is 0. The van der Waals surface area contributed by atoms with Crippen LogP contribution in [0.1, 0.15) is 5.56 Å². The molecule has 0 aliphatic heterocycles. The van der Waals surface area contributed by atoms with Gasteiger partial charge >= 0.3 is 0 Å². The Morgan fingerprint density at radius 2 is 2.25 bits per heavy atom. The molecule has 1 rings (SSSR count). The molecule has 60 valence electrons. The summed E-state index contributed by atoms with van der Waals surface area (Å²) in [7, 11) is 0. The van der Waals surface area contributed by atoms with Crippen LogP contribution in [0.25, 0.3) is 6.08 Å². The third kappa shape index (κ3) is 1.78. The Labute approximate surface area is 68.3 Å². The summed E-state index contributed by atoms with van der Waals surface area (Å²) in [5, 5.41) is 10.3. The third-order valence-corrected chi connectivity index (χ3v) is 1.31. The first-order valence-corrected chi connectivity index (χ1v) is 3.19. The topological polar surface area (TPSA) is 60.2 Å². The molecule has 0 bridgehead atoms. The molecule has 0 amide bonds. The summed E-state index contributed by atoms with van der Waals surface area (Å²) in [4.78, 5) is 19.6. The summed E-state index contributed by atoms with van der Waals surface area (Å²) in [5.74, 6) is 1.55. The van der Waals surface area contributed by atoms with Crippen molar-refractivity contribution in [2.75, 3.05) is 0 Å². The van der Waals surface area contributed by atoms with Crippen molar-refractivity contribution in [1.29, 1.82) is 0 Å². The van der Waals surface area contributed by atoms with E-state index in [0.29, 0.717) is 5.56 Å². The van der Waals surface area contributed by atoms with Crippen LogP contribution in [0.3, 0.4) is 0 Å². The highest BCUT2D eigenvalue weighted by molar-refractivity contribution is 5.75. The molecule has 0 saturated carbocycles. The highest BCUT2D eigenvalue weighted by Crippen LogP contribution is 2.12. The Balaban J connectivity index is 3.11. The highest BCUT2D eigenvalue weighted by Gasteiger charge is 2.03. The summed E-state index contributed by atoms with van der Waals surface area (Å²) < 4.78 is 0. The first-order chi connectivity index (χ1) is 5.74. The number of nitro benzene ring substituents is 1. The minimum Gasteiger partial charge on any atom is -0.258 e. The zero-order chi connectivity index (χ0) is 8.97. The zero-order valence-electron chi connectivity index (χ0n) is 6.06. The van der Waals surface area contributed by atoms with Crippen molar-refractivity contribution in [3.05, 3.63) is 39.9 Å². The molecule has 4 heteroatoms. The summed E-state index contributed by atoms with van der Waals surface area (Å²) in [6.07, 6.45) is 1.15. The van der Waals surface area contributed by atoms with Gasteiger partial charge in [-0.15, -0.1) is 0 Å². The molecule has 0 aliphatic carbocycles. The molecule has 0 heterocycles. The van der Waals surface area contributed by atoms with Crippen molar-refractivity contribution >= 4 is 17.7 Å². The van der Waals surface area contributed by atoms with Crippen LogP contribution >= 0.6 is 0 Å². The van der Waals surface area contributed by atoms with Crippen molar-refractivity contribution in [1.82, 2.24) is 0 Å². The summed E-state index contributed by atoms with van der Waals surface area (Å²) >= 11 is 0. The van der Waals surface area contributed by atoms with Gasteiger partial charge in [-0.3, -0.25) is 10.1 Å². The Morgan fingerprint density at radius 1 is 1.50 bits per heavy atom. The summed E-state index contributed by atoms with van der Waals surface area (Å²) in [6, 6.07) is 5.78. The molecule has 0 unspecified atom stereocenters. The number of hydrogen-bond donors (Lipinski definition) is 0. The van der Waals surface area contributed by atoms with Crippen LogP contribution in [-0.4, -0.2) is 10.9 Å². The third-order valence-electron chi connectivity index (χ3n) is 1.31. The summed E-state index contributed by atoms with van der Waals surface area (Å²) in [5.41, 5.74) is 0.457. The number of benzene rings is 1. The predicted molar refractivity (Wildman–Crippen MR) is 43.3 cm³/mol. The van der Waals surface area contributed by atoms with Crippen molar-refractivity contribution in [2.45, 2.75) is 0 Å². The molecule has 0 aliphatic rings. The number of hydrogen-bond acceptors (Lipinski definition) is 3. The largest absolute Gasteiger partial charge is 0.270 e. The lowest BCUT2D eigenvalue weighted by Crippen LogP contribution is -1.87. The average molecular weight is 163 g/mol. The van der Waals surface area contributed by atoms with E-state index in [1.807, 2.05) is 0 Å². The molecule has 0 fully saturated rings. The van der Waals surface area contributed by atoms with Crippen LogP contribution in [0.4, 0.5) is 5.69 Å². The van der Waals surface area contributed by atoms with Gasteiger partial charge in [0.05, 0.1) is 4.92 Å². The van der Waals surface area contributed by atoms with Gasteiger partial charge in [-0.25, -0.2) is 4.79 Å². The predicted octanol–water partition coefficient (Wildman–Crippen LogP) is 1.44. The van der Waals surface area contributed by atoms with E-state index in [1.165, 1.54) is 18.2 Å². The second kappa shape index (κ2) is 3.46. The minimum atomic E-state index is -0.512. The van der Waals surface area contributed by atoms with Gasteiger partial charge in [-0.2, -0.15) is 0 Å². The van der Waals surface area contributed by atoms with Gasteiger partial charge in [0.2, 0.25) is 0 Å². The van der Waals surface area contributed by atoms with E-state index in [0.717, 1.165) is 6.08 Å². The lowest BCUT2D eigenvalue weighted by Gasteiger charge is -1.91. The van der Waals surface area contributed by atoms with E-state index >= 15 is 0 Å². The molecule has 0 aromatic heterocycles. The van der Waals surface area contributed by atoms with E-state index < -0.39 is 4.92 Å². The van der Waals surface area contributed by atoms with Gasteiger partial charge in [-0.1, -0.05) is 12.1 Å². The second-order valence-corrected chi connectivity index (χ2v) is 2.11. The Bertz CT molecular complexity index is 336. The first-order valence-electron chi connectivity index (χ1n) is 3.19. The average Bonchev–Trinajstić information content (AvgIpc) is 2.05. The fourth-order valence-electron chi connectivity index (χ4n) is 0.796. The van der Waals surface area contributed by atoms with Gasteiger partial charge in [0, 0.05) is 18.2 Å². The second-order valence-electron chi connectivity index (χ2n) is 2.11. The monoisotopic (exact) mass is 163 g/mol. The van der Waals surface area contributed by atoms with Crippen molar-refractivity contribution in [3.63, 3.8) is 0 Å². The van der Waals surface area contributed by atoms with Crippen LogP contribution in [-0.2, 0) is 4.79 Å². The molecular formula is C8H5NO3. The van der Waals surface area contributed by atoms with Crippen LogP contribution in [0, 0.1) is 10.1 Å². The quantitative estimate of drug-likeness (QED) is 0.376. The smallest absolute Gasteiger partial charge is 0.258 e. The van der Waals surface area contributed by atoms with E-state index in [9.17, 15) is 14.9 Å². The van der Waals surface area contributed by atoms with E-state index in [1.54, 1.807) is 12.0 Å². The molecule has 0 atom stereocenters. The molecule has 0 radical (unpaired) electrons. The van der Waals surface area contributed by atoms with E-state index in [-0.39, 0.29) is 5.69 Å². The molecular weight excluding hydrogens is 158 g/mol. The fourth-order valence-corrected chi connectivity index (χ4v) is 0.796. The maximum Gasteiger partial charge on any atom is 0.270 e. The van der Waals surface area contributed by atoms with E-state index in [2.05, 4.69) is 0 Å². The van der Waals surface area contributed by atoms with Crippen molar-refractivity contribution < 1.29 is 9.72 Å². The molecule has 0 spiro atoms. The molecule has 0 saturated heterocycles. The van der Waals surface area contributed by atoms with Crippen LogP contribution < -0.4 is 0 Å². The van der Waals surface area contributed by atoms with Gasteiger partial charge in [0.25, 0.3) is 5.69 Å². The molecule has 0 N–H and O–H groups in total. The standard InChI is InChI=1S/C8H5NO3/c10-5-4-7-2-1-3-8(6-7)9(11)12/h1-4,6H. The number of rotatable bonds is 2. The first kappa shape index (κ1) is 8.17. The van der Waals surface area contributed by atoms with Crippen LogP contribution in [0.5, 0.6) is 0 Å². The maximum atomic E-state index is 10.3. The number of non-ortho nitro benzene ring substituents is 1. The molecule has 1 aromatic carbocycles. The Kier molecular flexibility index (Phi) is 2.35. The number of nitro groups is 1. The Morgan fingerprint density at radius 3 is 2.83 bits per heavy atom. The number of nitrogens with zero attached hydrogens (tertiary/aromatic N) is 1. The number of carbonyl (C=O) groups excluding carboxylic acids is 1. The van der Waals surface area contributed by atoms with E-state index in [4.69, 9.17) is 0 Å². The lowest BCUT2D eigenvalue weighted by molar-refractivity contribution is -0.384. The minimum absolute atomic E-state index is 0.0287. The zero-order valence-corrected chi connectivity index (χ0v) is 6.06. The highest BCUT2D eigenvalue weighted by atomic mass is 16.6. The van der Waals surface area contributed by atoms with Crippen molar-refractivity contribution in [3.8, 4) is 0 Å². The van der Waals surface area contributed by atoms with Gasteiger partial charge in [0.15, 0.2) is 0 Å². The lowest BCUT2D eigenvalue weighted by atomic mass is 10.2. The molecule has 1 aromatic rings. The molecule has 12 heavy (non-hydrogen) atoms. The van der Waals surface area contributed by atoms with Gasteiger partial charge < -0.3 is 0 Å². The SMILES string of the molecule is O=C=Cc1cccc([N+](=O)[O-])c1. The van der Waals surface area contributed by atoms with Crippen molar-refractivity contribution in [2.24, 2.45) is 0 Å². The Hall–Kier alpha value is -1.93. The molecule has 4 nitrogen and oxygen atoms in total. The van der Waals surface area contributed by atoms with Crippen LogP contribution in [0.15, 0.2) is 24.3 Å².